The fourth-order valence-corrected chi connectivity index (χ4v) is 4.21. The van der Waals surface area contributed by atoms with Gasteiger partial charge in [-0.1, -0.05) is 41.7 Å². The van der Waals surface area contributed by atoms with E-state index in [1.165, 1.54) is 16.3 Å². The molecule has 1 amide bonds. The number of aliphatic hydroxyl groups is 1. The Kier molecular flexibility index (Phi) is 5.16. The van der Waals surface area contributed by atoms with E-state index in [9.17, 15) is 9.90 Å². The molecular weight excluding hydrogens is 384 g/mol. The lowest BCUT2D eigenvalue weighted by molar-refractivity contribution is -0.642. The molecule has 0 atom stereocenters. The van der Waals surface area contributed by atoms with Crippen LogP contribution in [0.5, 0.6) is 0 Å². The van der Waals surface area contributed by atoms with Crippen molar-refractivity contribution < 1.29 is 26.9 Å². The number of aliphatic hydroxyl groups excluding tert-OH is 1. The Morgan fingerprint density at radius 2 is 1.85 bits per heavy atom. The number of fused-ring (bicyclic) bond motifs is 1. The topological polar surface area (TPSA) is 80.3 Å². The molecule has 1 aliphatic heterocycles. The minimum Gasteiger partial charge on any atom is -1.00 e. The summed E-state index contributed by atoms with van der Waals surface area (Å²) in [4.78, 5) is 12.4. The quantitative estimate of drug-likeness (QED) is 0.525. The van der Waals surface area contributed by atoms with Gasteiger partial charge < -0.3 is 17.5 Å². The van der Waals surface area contributed by atoms with E-state index >= 15 is 0 Å². The summed E-state index contributed by atoms with van der Waals surface area (Å²) in [5.74, 6) is -0.162. The molecule has 0 bridgehead atoms. The normalized spacial score (nSPS) is 13.8. The van der Waals surface area contributed by atoms with Gasteiger partial charge in [0, 0.05) is 11.6 Å². The van der Waals surface area contributed by atoms with Crippen LogP contribution in [-0.2, 0) is 7.05 Å². The summed E-state index contributed by atoms with van der Waals surface area (Å²) in [6.07, 6.45) is 0. The molecule has 0 radical (unpaired) electrons. The smallest absolute Gasteiger partial charge is 0.277 e. The van der Waals surface area contributed by atoms with Gasteiger partial charge in [0.1, 0.15) is 23.1 Å². The highest BCUT2D eigenvalue weighted by Crippen LogP contribution is 2.31. The van der Waals surface area contributed by atoms with E-state index in [1.54, 1.807) is 24.3 Å². The summed E-state index contributed by atoms with van der Waals surface area (Å²) in [7, 11) is 1.91. The highest BCUT2D eigenvalue weighted by molar-refractivity contribution is 7.19. The Labute approximate surface area is 166 Å². The lowest BCUT2D eigenvalue weighted by Gasteiger charge is -2.19. The fraction of sp³-hybridized carbons (Fsp3) is 0.105. The number of hydrogen-bond acceptors (Lipinski definition) is 4. The molecule has 2 heterocycles. The molecule has 4 rings (SSSR count). The number of hydrogen-bond donors (Lipinski definition) is 3. The molecular formula is C19H17ClN4O2S. The van der Waals surface area contributed by atoms with Crippen molar-refractivity contribution in [3.63, 3.8) is 0 Å². The van der Waals surface area contributed by atoms with Crippen LogP contribution in [0.25, 0.3) is 15.8 Å². The van der Waals surface area contributed by atoms with Crippen molar-refractivity contribution in [3.8, 4) is 0 Å². The summed E-state index contributed by atoms with van der Waals surface area (Å²) >= 11 is 1.51. The number of aryl methyl sites for hydroxylation is 1. The van der Waals surface area contributed by atoms with E-state index in [0.717, 1.165) is 15.2 Å². The molecule has 0 fully saturated rings. The van der Waals surface area contributed by atoms with E-state index in [0.29, 0.717) is 11.1 Å². The zero-order valence-corrected chi connectivity index (χ0v) is 16.0. The Morgan fingerprint density at radius 1 is 1.19 bits per heavy atom. The summed E-state index contributed by atoms with van der Waals surface area (Å²) < 4.78 is 3.03. The molecule has 6 nitrogen and oxygen atoms in total. The number of amidine groups is 1. The van der Waals surface area contributed by atoms with Gasteiger partial charge in [0.15, 0.2) is 5.84 Å². The molecule has 0 aliphatic carbocycles. The summed E-state index contributed by atoms with van der Waals surface area (Å²) in [6.45, 7) is 0.0704. The van der Waals surface area contributed by atoms with Crippen molar-refractivity contribution >= 4 is 38.9 Å². The van der Waals surface area contributed by atoms with Crippen molar-refractivity contribution in [1.29, 1.82) is 5.41 Å². The standard InChI is InChI=1S/C19H16N4O2S.ClH/c1-22-13-9-5-6-10-15(13)26-19(22)16-14(24)11-23(17(16)20)21-18(25)12-7-3-2-4-8-12;/h2-10,20H,11H2,1H3,(H,21,25);1H. The molecule has 138 valence electrons. The van der Waals surface area contributed by atoms with Gasteiger partial charge in [0.05, 0.1) is 6.54 Å². The lowest BCUT2D eigenvalue weighted by Crippen LogP contribution is -3.00. The number of halogens is 1. The molecule has 27 heavy (non-hydrogen) atoms. The Morgan fingerprint density at radius 3 is 2.56 bits per heavy atom. The maximum Gasteiger partial charge on any atom is 0.277 e. The number of amides is 1. The van der Waals surface area contributed by atoms with Gasteiger partial charge in [-0.05, 0) is 18.2 Å². The monoisotopic (exact) mass is 400 g/mol. The van der Waals surface area contributed by atoms with E-state index < -0.39 is 0 Å². The summed E-state index contributed by atoms with van der Waals surface area (Å²) in [5.41, 5.74) is 4.67. The maximum absolute atomic E-state index is 12.4. The van der Waals surface area contributed by atoms with Gasteiger partial charge in [0.2, 0.25) is 5.52 Å². The minimum absolute atomic E-state index is 0. The third-order valence-corrected chi connectivity index (χ3v) is 5.56. The molecule has 0 spiro atoms. The SMILES string of the molecule is C[n+]1c(C2=C(O)CN(NC(=O)c3ccccc3)C2=N)sc2ccccc21.[Cl-]. The first-order valence-electron chi connectivity index (χ1n) is 8.09. The summed E-state index contributed by atoms with van der Waals surface area (Å²) in [6, 6.07) is 16.7. The predicted octanol–water partition coefficient (Wildman–Crippen LogP) is -0.363. The number of thiazole rings is 1. The number of hydrazine groups is 1. The first-order chi connectivity index (χ1) is 12.6. The third-order valence-electron chi connectivity index (χ3n) is 4.33. The number of rotatable bonds is 3. The molecule has 1 aliphatic rings. The van der Waals surface area contributed by atoms with Crippen LogP contribution in [0.4, 0.5) is 0 Å². The fourth-order valence-electron chi connectivity index (χ4n) is 3.00. The van der Waals surface area contributed by atoms with Crippen molar-refractivity contribution in [2.75, 3.05) is 6.54 Å². The lowest BCUT2D eigenvalue weighted by atomic mass is 10.2. The number of carbonyl (C=O) groups excluding carboxylic acids is 1. The van der Waals surface area contributed by atoms with E-state index in [-0.39, 0.29) is 36.5 Å². The zero-order valence-electron chi connectivity index (χ0n) is 14.4. The molecule has 2 aromatic carbocycles. The average molecular weight is 401 g/mol. The first kappa shape index (κ1) is 18.9. The minimum atomic E-state index is -0.315. The molecule has 1 aromatic heterocycles. The summed E-state index contributed by atoms with van der Waals surface area (Å²) in [5, 5.41) is 21.0. The number of nitrogens with one attached hydrogen (secondary N) is 2. The highest BCUT2D eigenvalue weighted by Gasteiger charge is 2.36. The molecule has 3 aromatic rings. The van der Waals surface area contributed by atoms with Crippen LogP contribution in [0.2, 0.25) is 0 Å². The largest absolute Gasteiger partial charge is 1.00 e. The number of benzene rings is 2. The maximum atomic E-state index is 12.4. The van der Waals surface area contributed by atoms with Gasteiger partial charge in [0.25, 0.3) is 10.9 Å². The molecule has 0 unspecified atom stereocenters. The Hall–Kier alpha value is -2.90. The van der Waals surface area contributed by atoms with Crippen LogP contribution in [0.1, 0.15) is 15.4 Å². The molecule has 8 heteroatoms. The van der Waals surface area contributed by atoms with Crippen LogP contribution >= 0.6 is 11.3 Å². The highest BCUT2D eigenvalue weighted by atomic mass is 35.5. The first-order valence-corrected chi connectivity index (χ1v) is 8.90. The number of para-hydroxylation sites is 1. The van der Waals surface area contributed by atoms with Crippen LogP contribution < -0.4 is 22.4 Å². The predicted molar refractivity (Wildman–Crippen MR) is 101 cm³/mol. The van der Waals surface area contributed by atoms with Gasteiger partial charge in [-0.2, -0.15) is 4.57 Å². The van der Waals surface area contributed by atoms with Gasteiger partial charge in [-0.3, -0.25) is 20.6 Å². The van der Waals surface area contributed by atoms with Gasteiger partial charge in [-0.15, -0.1) is 0 Å². The second-order valence-corrected chi connectivity index (χ2v) is 7.03. The second-order valence-electron chi connectivity index (χ2n) is 6.00. The number of nitrogens with zero attached hydrogens (tertiary/aromatic N) is 2. The van der Waals surface area contributed by atoms with Crippen LogP contribution in [0.15, 0.2) is 60.4 Å². The van der Waals surface area contributed by atoms with E-state index in [2.05, 4.69) is 5.43 Å². The van der Waals surface area contributed by atoms with Gasteiger partial charge in [-0.25, -0.2) is 0 Å². The van der Waals surface area contributed by atoms with E-state index in [1.807, 2.05) is 41.9 Å². The number of aromatic nitrogens is 1. The second kappa shape index (κ2) is 7.38. The average Bonchev–Trinajstić information content (AvgIpc) is 3.12. The molecule has 3 N–H and O–H groups in total. The molecule has 0 saturated carbocycles. The Balaban J connectivity index is 0.00000210. The third kappa shape index (κ3) is 3.27. The van der Waals surface area contributed by atoms with Crippen molar-refractivity contribution in [1.82, 2.24) is 10.4 Å². The van der Waals surface area contributed by atoms with Crippen LogP contribution in [0.3, 0.4) is 0 Å². The van der Waals surface area contributed by atoms with Gasteiger partial charge >= 0.3 is 0 Å². The zero-order chi connectivity index (χ0) is 18.3. The van der Waals surface area contributed by atoms with Crippen LogP contribution in [-0.4, -0.2) is 28.4 Å². The van der Waals surface area contributed by atoms with Crippen molar-refractivity contribution in [2.45, 2.75) is 0 Å². The van der Waals surface area contributed by atoms with E-state index in [4.69, 9.17) is 5.41 Å². The number of carbonyl (C=O) groups is 1. The molecule has 0 saturated heterocycles. The van der Waals surface area contributed by atoms with Crippen molar-refractivity contribution in [3.05, 3.63) is 70.9 Å². The van der Waals surface area contributed by atoms with Crippen LogP contribution in [0, 0.1) is 5.41 Å². The Bertz CT molecular complexity index is 1060. The van der Waals surface area contributed by atoms with Crippen molar-refractivity contribution in [2.24, 2.45) is 7.05 Å².